The second-order valence-electron chi connectivity index (χ2n) is 9.79. The topological polar surface area (TPSA) is 116 Å². The van der Waals surface area contributed by atoms with E-state index >= 15 is 0 Å². The monoisotopic (exact) mass is 509 g/mol. The van der Waals surface area contributed by atoms with Gasteiger partial charge in [0.15, 0.2) is 11.5 Å². The molecular weight excluding hydrogens is 478 g/mol. The normalized spacial score (nSPS) is 15.0. The zero-order valence-electron chi connectivity index (χ0n) is 20.7. The number of anilines is 1. The van der Waals surface area contributed by atoms with E-state index in [0.717, 1.165) is 43.9 Å². The van der Waals surface area contributed by atoms with E-state index in [2.05, 4.69) is 36.9 Å². The van der Waals surface area contributed by atoms with E-state index in [1.807, 2.05) is 24.3 Å². The van der Waals surface area contributed by atoms with Crippen molar-refractivity contribution in [1.82, 2.24) is 19.8 Å². The lowest BCUT2D eigenvalue weighted by atomic mass is 9.99. The highest BCUT2D eigenvalue weighted by atomic mass is 32.2. The molecule has 36 heavy (non-hydrogen) atoms. The van der Waals surface area contributed by atoms with Crippen molar-refractivity contribution in [3.8, 4) is 16.9 Å². The first-order valence-electron chi connectivity index (χ1n) is 11.8. The van der Waals surface area contributed by atoms with Gasteiger partial charge in [0.1, 0.15) is 5.75 Å². The minimum atomic E-state index is -3.82. The highest BCUT2D eigenvalue weighted by molar-refractivity contribution is 7.91. The van der Waals surface area contributed by atoms with Gasteiger partial charge in [-0.1, -0.05) is 36.4 Å². The largest absolute Gasteiger partial charge is 0.508 e. The van der Waals surface area contributed by atoms with Crippen LogP contribution in [0.3, 0.4) is 0 Å². The molecule has 2 aromatic carbocycles. The molecule has 0 unspecified atom stereocenters. The molecule has 0 bridgehead atoms. The molecule has 0 aliphatic carbocycles. The van der Waals surface area contributed by atoms with E-state index in [1.54, 1.807) is 18.2 Å². The van der Waals surface area contributed by atoms with Gasteiger partial charge in [0.05, 0.1) is 4.75 Å². The average molecular weight is 510 g/mol. The molecule has 0 saturated carbocycles. The first kappa shape index (κ1) is 25.6. The molecule has 3 aromatic rings. The molecule has 1 fully saturated rings. The number of hydrogen-bond donors (Lipinski definition) is 2. The van der Waals surface area contributed by atoms with Crippen molar-refractivity contribution in [2.24, 2.45) is 0 Å². The number of piperazine rings is 1. The third-order valence-corrected chi connectivity index (χ3v) is 8.27. The van der Waals surface area contributed by atoms with Crippen molar-refractivity contribution in [3.63, 3.8) is 0 Å². The first-order chi connectivity index (χ1) is 17.0. The van der Waals surface area contributed by atoms with Gasteiger partial charge in [-0.15, -0.1) is 10.2 Å². The van der Waals surface area contributed by atoms with Crippen LogP contribution < -0.4 is 9.62 Å². The van der Waals surface area contributed by atoms with E-state index in [-0.39, 0.29) is 11.4 Å². The molecule has 0 radical (unpaired) electrons. The minimum Gasteiger partial charge on any atom is -0.508 e. The number of nitrogens with zero attached hydrogens (tertiary/aromatic N) is 4. The Bertz CT molecular complexity index is 1310. The van der Waals surface area contributed by atoms with Gasteiger partial charge in [0.25, 0.3) is 5.91 Å². The number of nitrogens with one attached hydrogen (secondary N) is 1. The van der Waals surface area contributed by atoms with Crippen molar-refractivity contribution in [1.29, 1.82) is 0 Å². The molecule has 1 saturated heterocycles. The summed E-state index contributed by atoms with van der Waals surface area (Å²) in [6.07, 6.45) is 0. The lowest BCUT2D eigenvalue weighted by molar-refractivity contribution is 0.0974. The van der Waals surface area contributed by atoms with Crippen molar-refractivity contribution < 1.29 is 18.3 Å². The molecule has 1 amide bonds. The van der Waals surface area contributed by atoms with Crippen LogP contribution in [0.1, 0.15) is 36.8 Å². The maximum Gasteiger partial charge on any atom is 0.285 e. The number of benzene rings is 2. The smallest absolute Gasteiger partial charge is 0.285 e. The van der Waals surface area contributed by atoms with Gasteiger partial charge in [-0.05, 0) is 61.7 Å². The molecule has 1 aliphatic rings. The van der Waals surface area contributed by atoms with E-state index in [9.17, 15) is 18.3 Å². The quantitative estimate of drug-likeness (QED) is 0.521. The third kappa shape index (κ3) is 5.83. The van der Waals surface area contributed by atoms with Gasteiger partial charge < -0.3 is 10.0 Å². The van der Waals surface area contributed by atoms with Crippen LogP contribution in [-0.4, -0.2) is 65.5 Å². The molecule has 2 heterocycles. The summed E-state index contributed by atoms with van der Waals surface area (Å²) in [5.74, 6) is 0.106. The number of carbonyl (C=O) groups excluding carboxylic acids is 1. The van der Waals surface area contributed by atoms with E-state index in [1.165, 1.54) is 32.4 Å². The van der Waals surface area contributed by atoms with E-state index in [0.29, 0.717) is 5.82 Å². The summed E-state index contributed by atoms with van der Waals surface area (Å²) in [5.41, 5.74) is 3.39. The average Bonchev–Trinajstić information content (AvgIpc) is 2.85. The number of rotatable bonds is 6. The Hall–Kier alpha value is -3.50. The van der Waals surface area contributed by atoms with Crippen molar-refractivity contribution in [3.05, 3.63) is 71.9 Å². The predicted molar refractivity (Wildman–Crippen MR) is 139 cm³/mol. The minimum absolute atomic E-state index is 0.0453. The standard InChI is InChI=1S/C26H31N5O4S/c1-26(2,3)36(34,35)29-25(33)23-12-13-24(28-27-23)31-16-14-30(15-17-31)18-20-6-4-5-7-22(20)19-8-10-21(32)11-9-19/h4-13,32H,14-18H2,1-3H3,(H,29,33). The summed E-state index contributed by atoms with van der Waals surface area (Å²) in [4.78, 5) is 16.8. The molecular formula is C26H31N5O4S. The van der Waals surface area contributed by atoms with Gasteiger partial charge in [-0.2, -0.15) is 0 Å². The summed E-state index contributed by atoms with van der Waals surface area (Å²) >= 11 is 0. The van der Waals surface area contributed by atoms with Crippen LogP contribution >= 0.6 is 0 Å². The molecule has 1 aliphatic heterocycles. The zero-order chi connectivity index (χ0) is 25.9. The van der Waals surface area contributed by atoms with E-state index < -0.39 is 20.7 Å². The number of phenolic OH excluding ortho intramolecular Hbond substituents is 1. The van der Waals surface area contributed by atoms with Crippen LogP contribution in [0.5, 0.6) is 5.75 Å². The van der Waals surface area contributed by atoms with Crippen LogP contribution in [0, 0.1) is 0 Å². The highest BCUT2D eigenvalue weighted by Gasteiger charge is 2.31. The fourth-order valence-corrected chi connectivity index (χ4v) is 4.55. The number of carbonyl (C=O) groups is 1. The summed E-state index contributed by atoms with van der Waals surface area (Å²) in [5, 5.41) is 17.7. The second kappa shape index (κ2) is 10.2. The Morgan fingerprint density at radius 2 is 1.61 bits per heavy atom. The lowest BCUT2D eigenvalue weighted by Crippen LogP contribution is -2.46. The van der Waals surface area contributed by atoms with Gasteiger partial charge in [-0.25, -0.2) is 13.1 Å². The summed E-state index contributed by atoms with van der Waals surface area (Å²) in [6, 6.07) is 18.7. The maximum atomic E-state index is 12.3. The lowest BCUT2D eigenvalue weighted by Gasteiger charge is -2.35. The Balaban J connectivity index is 1.36. The van der Waals surface area contributed by atoms with E-state index in [4.69, 9.17) is 0 Å². The Kier molecular flexibility index (Phi) is 7.28. The molecule has 2 N–H and O–H groups in total. The van der Waals surface area contributed by atoms with Crippen molar-refractivity contribution in [2.45, 2.75) is 32.1 Å². The van der Waals surface area contributed by atoms with Crippen LogP contribution in [-0.2, 0) is 16.6 Å². The summed E-state index contributed by atoms with van der Waals surface area (Å²) < 4.78 is 25.4. The Morgan fingerprint density at radius 1 is 0.944 bits per heavy atom. The van der Waals surface area contributed by atoms with Crippen LogP contribution in [0.4, 0.5) is 5.82 Å². The SMILES string of the molecule is CC(C)(C)S(=O)(=O)NC(=O)c1ccc(N2CCN(Cc3ccccc3-c3ccc(O)cc3)CC2)nn1. The maximum absolute atomic E-state index is 12.3. The van der Waals surface area contributed by atoms with Crippen LogP contribution in [0.25, 0.3) is 11.1 Å². The molecule has 10 heteroatoms. The van der Waals surface area contributed by atoms with Gasteiger partial charge in [0.2, 0.25) is 10.0 Å². The molecule has 1 aromatic heterocycles. The second-order valence-corrected chi connectivity index (χ2v) is 12.2. The molecule has 0 spiro atoms. The van der Waals surface area contributed by atoms with Crippen molar-refractivity contribution >= 4 is 21.7 Å². The summed E-state index contributed by atoms with van der Waals surface area (Å²) in [7, 11) is -3.82. The molecule has 190 valence electrons. The number of hydrogen-bond acceptors (Lipinski definition) is 8. The number of amides is 1. The summed E-state index contributed by atoms with van der Waals surface area (Å²) in [6.45, 7) is 8.52. The predicted octanol–water partition coefficient (Wildman–Crippen LogP) is 3.03. The Morgan fingerprint density at radius 3 is 2.22 bits per heavy atom. The Labute approximate surface area is 211 Å². The van der Waals surface area contributed by atoms with Gasteiger partial charge in [0, 0.05) is 32.7 Å². The molecule has 9 nitrogen and oxygen atoms in total. The number of aromatic hydroxyl groups is 1. The third-order valence-electron chi connectivity index (χ3n) is 6.20. The fraction of sp³-hybridized carbons (Fsp3) is 0.346. The van der Waals surface area contributed by atoms with Gasteiger partial charge in [-0.3, -0.25) is 9.69 Å². The van der Waals surface area contributed by atoms with Crippen LogP contribution in [0.2, 0.25) is 0 Å². The first-order valence-corrected chi connectivity index (χ1v) is 13.3. The fourth-order valence-electron chi connectivity index (χ4n) is 3.90. The number of aromatic nitrogens is 2. The number of sulfonamides is 1. The molecule has 4 rings (SSSR count). The van der Waals surface area contributed by atoms with Crippen molar-refractivity contribution in [2.75, 3.05) is 31.1 Å². The van der Waals surface area contributed by atoms with Crippen LogP contribution in [0.15, 0.2) is 60.7 Å². The zero-order valence-corrected chi connectivity index (χ0v) is 21.5. The molecule has 0 atom stereocenters. The van der Waals surface area contributed by atoms with Gasteiger partial charge >= 0.3 is 0 Å². The highest BCUT2D eigenvalue weighted by Crippen LogP contribution is 2.27. The number of phenols is 1.